The summed E-state index contributed by atoms with van der Waals surface area (Å²) in [4.78, 5) is 4.82. The van der Waals surface area contributed by atoms with E-state index < -0.39 is 22.4 Å². The molecule has 8 heteroatoms. The summed E-state index contributed by atoms with van der Waals surface area (Å²) in [5.74, 6) is -0.389. The first-order valence-electron chi connectivity index (χ1n) is 8.35. The highest BCUT2D eigenvalue weighted by Gasteiger charge is 2.39. The van der Waals surface area contributed by atoms with Crippen molar-refractivity contribution in [1.29, 1.82) is 0 Å². The molecule has 0 aliphatic heterocycles. The van der Waals surface area contributed by atoms with Gasteiger partial charge in [0.2, 0.25) is 5.89 Å². The van der Waals surface area contributed by atoms with E-state index in [1.807, 2.05) is 30.3 Å². The lowest BCUT2D eigenvalue weighted by molar-refractivity contribution is 0.229. The molecule has 0 saturated heterocycles. The number of hydrogen-bond donors (Lipinski definition) is 1. The van der Waals surface area contributed by atoms with Gasteiger partial charge in [0, 0.05) is 11.0 Å². The zero-order chi connectivity index (χ0) is 18.1. The lowest BCUT2D eigenvalue weighted by atomic mass is 9.77. The molecule has 142 valence electrons. The molecule has 0 spiro atoms. The second kappa shape index (κ2) is 7.96. The second-order valence-corrected chi connectivity index (χ2v) is 7.60. The lowest BCUT2D eigenvalue weighted by Crippen LogP contribution is -2.44. The summed E-state index contributed by atoms with van der Waals surface area (Å²) >= 11 is 1.20. The van der Waals surface area contributed by atoms with Gasteiger partial charge in [-0.2, -0.15) is 4.98 Å². The first kappa shape index (κ1) is 19.8. The van der Waals surface area contributed by atoms with E-state index in [0.717, 1.165) is 30.9 Å². The molecule has 27 heavy (non-hydrogen) atoms. The van der Waals surface area contributed by atoms with Gasteiger partial charge in [-0.3, -0.25) is 0 Å². The molecule has 1 heterocycles. The van der Waals surface area contributed by atoms with Crippen molar-refractivity contribution in [3.63, 3.8) is 0 Å². The van der Waals surface area contributed by atoms with E-state index in [9.17, 15) is 8.78 Å². The van der Waals surface area contributed by atoms with Crippen molar-refractivity contribution in [2.24, 2.45) is 5.73 Å². The minimum absolute atomic E-state index is 0. The highest BCUT2D eigenvalue weighted by atomic mass is 35.5. The van der Waals surface area contributed by atoms with Crippen molar-refractivity contribution in [2.75, 3.05) is 0 Å². The molecule has 3 aromatic rings. The third-order valence-electron chi connectivity index (χ3n) is 4.60. The monoisotopic (exact) mass is 409 g/mol. The summed E-state index contributed by atoms with van der Waals surface area (Å²) in [6.07, 6.45) is 2.68. The van der Waals surface area contributed by atoms with Gasteiger partial charge in [0.05, 0.1) is 5.54 Å². The van der Waals surface area contributed by atoms with E-state index in [-0.39, 0.29) is 12.4 Å². The van der Waals surface area contributed by atoms with E-state index >= 15 is 0 Å². The van der Waals surface area contributed by atoms with Crippen LogP contribution >= 0.6 is 24.2 Å². The number of thioether (sulfide) groups is 1. The molecule has 2 N–H and O–H groups in total. The largest absolute Gasteiger partial charge is 0.338 e. The first-order valence-corrected chi connectivity index (χ1v) is 9.23. The molecule has 1 unspecified atom stereocenters. The topological polar surface area (TPSA) is 64.9 Å². The Hall–Kier alpha value is -1.96. The van der Waals surface area contributed by atoms with E-state index in [1.54, 1.807) is 0 Å². The van der Waals surface area contributed by atoms with E-state index in [2.05, 4.69) is 10.1 Å². The minimum Gasteiger partial charge on any atom is -0.338 e. The summed E-state index contributed by atoms with van der Waals surface area (Å²) in [5, 5.41) is 3.64. The standard InChI is InChI=1S/C19H17F2N3OS.ClH/c20-13-7-8-15(14(21)11-13)26-16(12-5-2-1-3-6-12)17-23-18(24-25-17)19(22)9-4-10-19;/h1-3,5-8,11,16H,4,9-10,22H2;1H. The molecule has 1 aromatic heterocycles. The second-order valence-electron chi connectivity index (χ2n) is 6.45. The number of nitrogens with zero attached hydrogens (tertiary/aromatic N) is 2. The lowest BCUT2D eigenvalue weighted by Gasteiger charge is -2.34. The third kappa shape index (κ3) is 4.00. The summed E-state index contributed by atoms with van der Waals surface area (Å²) < 4.78 is 32.8. The van der Waals surface area contributed by atoms with Crippen molar-refractivity contribution < 1.29 is 13.3 Å². The van der Waals surface area contributed by atoms with Crippen LogP contribution in [0.25, 0.3) is 0 Å². The Labute approximate surface area is 165 Å². The van der Waals surface area contributed by atoms with E-state index in [4.69, 9.17) is 10.3 Å². The summed E-state index contributed by atoms with van der Waals surface area (Å²) in [6, 6.07) is 13.0. The van der Waals surface area contributed by atoms with Crippen LogP contribution in [0.1, 0.15) is 41.8 Å². The number of nitrogens with two attached hydrogens (primary N) is 1. The zero-order valence-electron chi connectivity index (χ0n) is 14.3. The van der Waals surface area contributed by atoms with Gasteiger partial charge >= 0.3 is 0 Å². The van der Waals surface area contributed by atoms with Crippen molar-refractivity contribution >= 4 is 24.2 Å². The molecular weight excluding hydrogens is 392 g/mol. The van der Waals surface area contributed by atoms with Crippen molar-refractivity contribution in [2.45, 2.75) is 34.9 Å². The maximum Gasteiger partial charge on any atom is 0.244 e. The molecule has 2 aromatic carbocycles. The van der Waals surface area contributed by atoms with Crippen LogP contribution in [-0.4, -0.2) is 10.1 Å². The molecule has 0 amide bonds. The summed E-state index contributed by atoms with van der Waals surface area (Å²) in [6.45, 7) is 0. The van der Waals surface area contributed by atoms with Gasteiger partial charge in [-0.25, -0.2) is 8.78 Å². The van der Waals surface area contributed by atoms with Crippen molar-refractivity contribution in [1.82, 2.24) is 10.1 Å². The molecule has 1 aliphatic rings. The van der Waals surface area contributed by atoms with Crippen LogP contribution in [0.3, 0.4) is 0 Å². The molecule has 1 saturated carbocycles. The fourth-order valence-electron chi connectivity index (χ4n) is 2.91. The van der Waals surface area contributed by atoms with Gasteiger partial charge in [0.1, 0.15) is 16.9 Å². The molecule has 0 bridgehead atoms. The fourth-order valence-corrected chi connectivity index (χ4v) is 3.97. The van der Waals surface area contributed by atoms with Crippen LogP contribution in [-0.2, 0) is 5.54 Å². The maximum absolute atomic E-state index is 14.2. The predicted molar refractivity (Wildman–Crippen MR) is 102 cm³/mol. The van der Waals surface area contributed by atoms with Crippen molar-refractivity contribution in [3.05, 3.63) is 77.4 Å². The average molecular weight is 410 g/mol. The Morgan fingerprint density at radius 2 is 1.85 bits per heavy atom. The normalized spacial score (nSPS) is 16.3. The summed E-state index contributed by atoms with van der Waals surface area (Å²) in [5.41, 5.74) is 6.63. The van der Waals surface area contributed by atoms with Crippen LogP contribution in [0.4, 0.5) is 8.78 Å². The first-order chi connectivity index (χ1) is 12.5. The Bertz CT molecular complexity index is 918. The molecule has 0 radical (unpaired) electrons. The van der Waals surface area contributed by atoms with Gasteiger partial charge in [-0.05, 0) is 37.0 Å². The number of hydrogen-bond acceptors (Lipinski definition) is 5. The minimum atomic E-state index is -0.620. The molecule has 4 rings (SSSR count). The Morgan fingerprint density at radius 1 is 1.11 bits per heavy atom. The maximum atomic E-state index is 14.2. The van der Waals surface area contributed by atoms with Gasteiger partial charge in [-0.15, -0.1) is 24.2 Å². The molecular formula is C19H18ClF2N3OS. The number of benzene rings is 2. The molecule has 1 aliphatic carbocycles. The molecule has 1 atom stereocenters. The van der Waals surface area contributed by atoms with Gasteiger partial charge < -0.3 is 10.3 Å². The van der Waals surface area contributed by atoms with E-state index in [0.29, 0.717) is 16.6 Å². The number of halogens is 3. The van der Waals surface area contributed by atoms with E-state index in [1.165, 1.54) is 23.9 Å². The van der Waals surface area contributed by atoms with Crippen LogP contribution in [0.15, 0.2) is 57.9 Å². The van der Waals surface area contributed by atoms with Gasteiger partial charge in [0.25, 0.3) is 0 Å². The molecule has 4 nitrogen and oxygen atoms in total. The SMILES string of the molecule is Cl.NC1(c2noc(C(Sc3ccc(F)cc3F)c3ccccc3)n2)CCC1. The summed E-state index contributed by atoms with van der Waals surface area (Å²) in [7, 11) is 0. The van der Waals surface area contributed by atoms with Gasteiger partial charge in [0.15, 0.2) is 5.82 Å². The Morgan fingerprint density at radius 3 is 2.48 bits per heavy atom. The number of rotatable bonds is 5. The average Bonchev–Trinajstić information content (AvgIpc) is 3.10. The van der Waals surface area contributed by atoms with Crippen LogP contribution in [0.2, 0.25) is 0 Å². The van der Waals surface area contributed by atoms with Crippen LogP contribution in [0, 0.1) is 11.6 Å². The Balaban J connectivity index is 0.00000210. The highest BCUT2D eigenvalue weighted by molar-refractivity contribution is 7.99. The quantitative estimate of drug-likeness (QED) is 0.601. The predicted octanol–water partition coefficient (Wildman–Crippen LogP) is 4.99. The smallest absolute Gasteiger partial charge is 0.244 e. The third-order valence-corrected chi connectivity index (χ3v) is 5.89. The number of aromatic nitrogens is 2. The van der Waals surface area contributed by atoms with Crippen LogP contribution in [0.5, 0.6) is 0 Å². The molecule has 1 fully saturated rings. The Kier molecular flexibility index (Phi) is 5.83. The van der Waals surface area contributed by atoms with Crippen LogP contribution < -0.4 is 5.73 Å². The van der Waals surface area contributed by atoms with Crippen molar-refractivity contribution in [3.8, 4) is 0 Å². The fraction of sp³-hybridized carbons (Fsp3) is 0.263. The van der Waals surface area contributed by atoms with Gasteiger partial charge in [-0.1, -0.05) is 35.5 Å². The zero-order valence-corrected chi connectivity index (χ0v) is 15.9. The highest BCUT2D eigenvalue weighted by Crippen LogP contribution is 2.43.